The van der Waals surface area contributed by atoms with Gasteiger partial charge in [0.15, 0.2) is 0 Å². The molecule has 0 aromatic rings. The Bertz CT molecular complexity index is 206. The fraction of sp³-hybridized carbons (Fsp3) is 0.600. The summed E-state index contributed by atoms with van der Waals surface area (Å²) < 4.78 is 14.8. The number of nitrogens with one attached hydrogen (secondary N) is 2. The number of primary amides is 2. The summed E-state index contributed by atoms with van der Waals surface area (Å²) in [5, 5.41) is 4.48. The molecule has 0 bridgehead atoms. The summed E-state index contributed by atoms with van der Waals surface area (Å²) in [5.41, 5.74) is 9.60. The lowest BCUT2D eigenvalue weighted by Crippen LogP contribution is -2.43. The summed E-state index contributed by atoms with van der Waals surface area (Å²) in [7, 11) is -0.989. The van der Waals surface area contributed by atoms with Crippen molar-refractivity contribution < 1.29 is 18.7 Å². The Morgan fingerprint density at radius 2 is 1.64 bits per heavy atom. The maximum Gasteiger partial charge on any atom is 0.494 e. The topological polar surface area (TPSA) is 137 Å². The van der Waals surface area contributed by atoms with E-state index in [9.17, 15) is 14.2 Å². The van der Waals surface area contributed by atoms with Crippen molar-refractivity contribution in [3.05, 3.63) is 0 Å². The third kappa shape index (κ3) is 7.26. The maximum atomic E-state index is 10.3. The zero-order valence-corrected chi connectivity index (χ0v) is 8.28. The Hall–Kier alpha value is -1.40. The summed E-state index contributed by atoms with van der Waals surface area (Å²) in [6, 6.07) is -1.46. The van der Waals surface area contributed by atoms with Gasteiger partial charge in [0.2, 0.25) is 0 Å². The van der Waals surface area contributed by atoms with Crippen LogP contribution in [-0.4, -0.2) is 31.3 Å². The molecule has 1 atom stereocenters. The normalized spacial score (nSPS) is 10.1. The van der Waals surface area contributed by atoms with Gasteiger partial charge < -0.3 is 22.1 Å². The third-order valence-corrected chi connectivity index (χ3v) is 1.65. The van der Waals surface area contributed by atoms with E-state index < -0.39 is 26.9 Å². The molecule has 80 valence electrons. The second-order valence-corrected chi connectivity index (χ2v) is 2.72. The lowest BCUT2D eigenvalue weighted by Gasteiger charge is -2.10. The molecule has 4 amide bonds. The second kappa shape index (κ2) is 7.05. The highest BCUT2D eigenvalue weighted by atomic mass is 31.1. The molecule has 0 saturated heterocycles. The Kier molecular flexibility index (Phi) is 6.34. The van der Waals surface area contributed by atoms with E-state index in [1.807, 2.05) is 0 Å². The van der Waals surface area contributed by atoms with Crippen LogP contribution >= 0.6 is 8.69 Å². The monoisotopic (exact) mass is 223 g/mol. The first-order valence-electron chi connectivity index (χ1n) is 3.65. The molecular formula is C5H12N4O4P+. The van der Waals surface area contributed by atoms with E-state index >= 15 is 0 Å². The number of rotatable bonds is 6. The Labute approximate surface area is 81.6 Å². The lowest BCUT2D eigenvalue weighted by atomic mass is 10.3. The van der Waals surface area contributed by atoms with Gasteiger partial charge in [-0.1, -0.05) is 0 Å². The van der Waals surface area contributed by atoms with Crippen LogP contribution in [0.4, 0.5) is 9.59 Å². The summed E-state index contributed by atoms with van der Waals surface area (Å²) in [5.74, 6) is 0. The van der Waals surface area contributed by atoms with E-state index in [1.54, 1.807) is 0 Å². The van der Waals surface area contributed by atoms with Gasteiger partial charge in [-0.25, -0.2) is 9.59 Å². The van der Waals surface area contributed by atoms with Crippen LogP contribution in [-0.2, 0) is 9.09 Å². The van der Waals surface area contributed by atoms with Crippen molar-refractivity contribution >= 4 is 20.7 Å². The highest BCUT2D eigenvalue weighted by molar-refractivity contribution is 7.17. The van der Waals surface area contributed by atoms with Crippen LogP contribution in [0, 0.1) is 0 Å². The summed E-state index contributed by atoms with van der Waals surface area (Å²) in [6.07, 6.45) is -0.620. The minimum absolute atomic E-state index is 0.0465. The molecule has 0 fully saturated rings. The third-order valence-electron chi connectivity index (χ3n) is 1.22. The number of carbonyl (C=O) groups excluding carboxylic acids is 2. The molecule has 0 saturated carbocycles. The minimum Gasteiger partial charge on any atom is -0.352 e. The van der Waals surface area contributed by atoms with Crippen LogP contribution in [0.2, 0.25) is 0 Å². The number of urea groups is 2. The smallest absolute Gasteiger partial charge is 0.352 e. The molecule has 0 aliphatic rings. The van der Waals surface area contributed by atoms with Crippen molar-refractivity contribution in [1.82, 2.24) is 10.6 Å². The van der Waals surface area contributed by atoms with Crippen LogP contribution in [0.1, 0.15) is 0 Å². The minimum atomic E-state index is -0.989. The molecule has 0 radical (unpaired) electrons. The van der Waals surface area contributed by atoms with Gasteiger partial charge in [0.1, 0.15) is 6.10 Å². The Morgan fingerprint density at radius 3 is 1.93 bits per heavy atom. The fourth-order valence-corrected chi connectivity index (χ4v) is 0.955. The van der Waals surface area contributed by atoms with Crippen LogP contribution in [0.3, 0.4) is 0 Å². The van der Waals surface area contributed by atoms with E-state index in [2.05, 4.69) is 15.2 Å². The molecule has 0 aliphatic carbocycles. The van der Waals surface area contributed by atoms with Gasteiger partial charge in [-0.15, -0.1) is 4.52 Å². The number of amides is 4. The van der Waals surface area contributed by atoms with E-state index in [4.69, 9.17) is 11.5 Å². The summed E-state index contributed by atoms with van der Waals surface area (Å²) in [6.45, 7) is 0.0930. The number of hydrogen-bond acceptors (Lipinski definition) is 4. The molecule has 14 heavy (non-hydrogen) atoms. The molecule has 0 rings (SSSR count). The van der Waals surface area contributed by atoms with E-state index in [0.29, 0.717) is 0 Å². The first-order chi connectivity index (χ1) is 6.56. The van der Waals surface area contributed by atoms with Crippen LogP contribution in [0.15, 0.2) is 0 Å². The number of hydrogen-bond donors (Lipinski definition) is 4. The van der Waals surface area contributed by atoms with Crippen LogP contribution in [0.25, 0.3) is 0 Å². The van der Waals surface area contributed by atoms with Crippen molar-refractivity contribution in [3.63, 3.8) is 0 Å². The van der Waals surface area contributed by atoms with E-state index in [-0.39, 0.29) is 13.1 Å². The first kappa shape index (κ1) is 12.6. The molecular weight excluding hydrogens is 211 g/mol. The van der Waals surface area contributed by atoms with Crippen molar-refractivity contribution in [3.8, 4) is 0 Å². The Balaban J connectivity index is 3.81. The average Bonchev–Trinajstić information content (AvgIpc) is 2.09. The van der Waals surface area contributed by atoms with Gasteiger partial charge in [0.05, 0.1) is 13.1 Å². The van der Waals surface area contributed by atoms with Crippen molar-refractivity contribution in [1.29, 1.82) is 0 Å². The molecule has 8 nitrogen and oxygen atoms in total. The highest BCUT2D eigenvalue weighted by Gasteiger charge is 2.14. The van der Waals surface area contributed by atoms with Crippen LogP contribution in [0.5, 0.6) is 0 Å². The zero-order valence-electron chi connectivity index (χ0n) is 7.28. The van der Waals surface area contributed by atoms with Gasteiger partial charge in [-0.05, 0) is 4.57 Å². The van der Waals surface area contributed by atoms with Crippen molar-refractivity contribution in [2.45, 2.75) is 6.10 Å². The number of nitrogens with two attached hydrogens (primary N) is 2. The SMILES string of the molecule is NC(=O)NCC(CNC(N)=O)O[PH+]=O. The van der Waals surface area contributed by atoms with Crippen LogP contribution < -0.4 is 22.1 Å². The van der Waals surface area contributed by atoms with Gasteiger partial charge in [0, 0.05) is 0 Å². The largest absolute Gasteiger partial charge is 0.494 e. The van der Waals surface area contributed by atoms with Crippen molar-refractivity contribution in [2.24, 2.45) is 11.5 Å². The predicted molar refractivity (Wildman–Crippen MR) is 49.0 cm³/mol. The molecule has 0 aromatic carbocycles. The average molecular weight is 223 g/mol. The first-order valence-corrected chi connectivity index (χ1v) is 4.47. The molecule has 6 N–H and O–H groups in total. The predicted octanol–water partition coefficient (Wildman–Crippen LogP) is -1.35. The van der Waals surface area contributed by atoms with Gasteiger partial charge in [0.25, 0.3) is 0 Å². The second-order valence-electron chi connectivity index (χ2n) is 2.31. The fourth-order valence-electron chi connectivity index (χ4n) is 0.652. The quantitative estimate of drug-likeness (QED) is 0.413. The lowest BCUT2D eigenvalue weighted by molar-refractivity contribution is 0.205. The number of carbonyl (C=O) groups is 2. The molecule has 9 heteroatoms. The molecule has 0 heterocycles. The van der Waals surface area contributed by atoms with Gasteiger partial charge in [-0.2, -0.15) is 0 Å². The molecule has 1 unspecified atom stereocenters. The zero-order chi connectivity index (χ0) is 11.0. The molecule has 0 spiro atoms. The van der Waals surface area contributed by atoms with E-state index in [0.717, 1.165) is 0 Å². The molecule has 0 aliphatic heterocycles. The summed E-state index contributed by atoms with van der Waals surface area (Å²) in [4.78, 5) is 20.6. The standard InChI is InChI=1S/C5H11N4O4P/c6-4(10)8-1-3(13-14-12)2-9-5(7)11/h3,14H,1-2H2,(H5-,6,7,8,9,10,11)/p+1. The van der Waals surface area contributed by atoms with Gasteiger partial charge in [-0.3, -0.25) is 0 Å². The maximum absolute atomic E-state index is 10.3. The van der Waals surface area contributed by atoms with Crippen molar-refractivity contribution in [2.75, 3.05) is 13.1 Å². The van der Waals surface area contributed by atoms with Gasteiger partial charge >= 0.3 is 20.7 Å². The Morgan fingerprint density at radius 1 is 1.21 bits per heavy atom. The van der Waals surface area contributed by atoms with E-state index in [1.165, 1.54) is 0 Å². The highest BCUT2D eigenvalue weighted by Crippen LogP contribution is 2.00. The summed E-state index contributed by atoms with van der Waals surface area (Å²) >= 11 is 0. The molecule has 0 aromatic heterocycles.